The zero-order valence-electron chi connectivity index (χ0n) is 60.2. The molecular weight excluding hydrogens is 1190 g/mol. The molecule has 12 nitrogen and oxygen atoms in total. The number of hydrogen-bond acceptors (Lipinski definition) is 10. The minimum atomic E-state index is -0.315. The molecule has 12 heteroatoms. The first-order valence-electron chi connectivity index (χ1n) is 34.5. The summed E-state index contributed by atoms with van der Waals surface area (Å²) in [6, 6.07) is 43.4. The SMILES string of the molecule is CCN(CC)C(=O)COc1c2cc(C(C)(C)C)cc1Cc1cc(C(C)(C)C)cc(c1OCc1ccc3ccc4ccc(C)nc4c3n1)Cc1cc(C(C)(C)C)cc(c1OCC(=O)N(CC)CC)Cc1cc(C(C)(C)C)cc(c1OCc1ccc3ccc4ccc(C)nc4c3n1)C2. The van der Waals surface area contributed by atoms with Gasteiger partial charge in [0.15, 0.2) is 13.2 Å². The van der Waals surface area contributed by atoms with Crippen LogP contribution in [0.25, 0.3) is 43.6 Å². The predicted octanol–water partition coefficient (Wildman–Crippen LogP) is 18.0. The Labute approximate surface area is 569 Å². The Morgan fingerprint density at radius 3 is 0.823 bits per heavy atom. The molecule has 0 aliphatic heterocycles. The fraction of sp³-hybridized carbons (Fsp3) is 0.405. The molecule has 0 N–H and O–H groups in total. The van der Waals surface area contributed by atoms with Gasteiger partial charge in [0.05, 0.1) is 33.5 Å². The topological polar surface area (TPSA) is 129 Å². The van der Waals surface area contributed by atoms with Crippen molar-refractivity contribution in [1.82, 2.24) is 29.7 Å². The number of aryl methyl sites for hydroxylation is 2. The lowest BCUT2D eigenvalue weighted by Gasteiger charge is -2.29. The third kappa shape index (κ3) is 14.9. The first-order chi connectivity index (χ1) is 45.5. The number of hydrogen-bond donors (Lipinski definition) is 0. The molecule has 0 saturated carbocycles. The second kappa shape index (κ2) is 27.3. The predicted molar refractivity (Wildman–Crippen MR) is 391 cm³/mol. The van der Waals surface area contributed by atoms with E-state index in [1.165, 1.54) is 0 Å². The number of likely N-dealkylation sites (N-methyl/N-ethyl adjacent to an activating group) is 2. The molecule has 0 fully saturated rings. The van der Waals surface area contributed by atoms with Crippen molar-refractivity contribution in [2.45, 2.75) is 185 Å². The second-order valence-corrected chi connectivity index (χ2v) is 30.4. The number of fused-ring (bicyclic) bond motifs is 14. The zero-order chi connectivity index (χ0) is 68.8. The minimum absolute atomic E-state index is 0.0874. The van der Waals surface area contributed by atoms with Gasteiger partial charge in [-0.3, -0.25) is 19.6 Å². The summed E-state index contributed by atoms with van der Waals surface area (Å²) in [4.78, 5) is 53.1. The molecule has 2 amide bonds. The van der Waals surface area contributed by atoms with E-state index in [1.54, 1.807) is 0 Å². The number of benzene rings is 6. The summed E-state index contributed by atoms with van der Waals surface area (Å²) in [6.45, 7) is 41.4. The monoisotopic (exact) mass is 1290 g/mol. The van der Waals surface area contributed by atoms with Gasteiger partial charge in [0.1, 0.15) is 36.2 Å². The minimum Gasteiger partial charge on any atom is -0.487 e. The van der Waals surface area contributed by atoms with Crippen molar-refractivity contribution in [1.29, 1.82) is 0 Å². The molecule has 8 bridgehead atoms. The van der Waals surface area contributed by atoms with Crippen molar-refractivity contribution in [2.75, 3.05) is 39.4 Å². The van der Waals surface area contributed by atoms with Crippen molar-refractivity contribution < 1.29 is 28.5 Å². The van der Waals surface area contributed by atoms with Crippen LogP contribution in [0, 0.1) is 13.8 Å². The van der Waals surface area contributed by atoms with Gasteiger partial charge in [0.2, 0.25) is 0 Å². The Kier molecular flexibility index (Phi) is 19.5. The van der Waals surface area contributed by atoms with E-state index >= 15 is 0 Å². The van der Waals surface area contributed by atoms with Crippen molar-refractivity contribution >= 4 is 55.4 Å². The fourth-order valence-corrected chi connectivity index (χ4v) is 13.2. The highest BCUT2D eigenvalue weighted by atomic mass is 16.5. The average Bonchev–Trinajstić information content (AvgIpc) is 0.458. The molecule has 10 aromatic rings. The molecule has 1 aliphatic carbocycles. The molecule has 4 heterocycles. The largest absolute Gasteiger partial charge is 0.487 e. The Morgan fingerprint density at radius 2 is 0.573 bits per heavy atom. The van der Waals surface area contributed by atoms with E-state index in [4.69, 9.17) is 38.9 Å². The van der Waals surface area contributed by atoms with Crippen LogP contribution in [0.3, 0.4) is 0 Å². The third-order valence-corrected chi connectivity index (χ3v) is 19.0. The number of rotatable bonds is 16. The molecule has 1 aliphatic rings. The van der Waals surface area contributed by atoms with Gasteiger partial charge in [-0.05, 0) is 154 Å². The Hall–Kier alpha value is -8.90. The summed E-state index contributed by atoms with van der Waals surface area (Å²) >= 11 is 0. The van der Waals surface area contributed by atoms with Gasteiger partial charge in [-0.25, -0.2) is 9.97 Å². The Bertz CT molecular complexity index is 4220. The van der Waals surface area contributed by atoms with E-state index in [9.17, 15) is 9.59 Å². The van der Waals surface area contributed by atoms with Crippen molar-refractivity contribution in [3.63, 3.8) is 0 Å². The highest BCUT2D eigenvalue weighted by Gasteiger charge is 2.31. The quantitative estimate of drug-likeness (QED) is 0.0862. The summed E-state index contributed by atoms with van der Waals surface area (Å²) in [6.07, 6.45) is 1.55. The van der Waals surface area contributed by atoms with Crippen LogP contribution >= 0.6 is 0 Å². The van der Waals surface area contributed by atoms with Crippen LogP contribution in [0.5, 0.6) is 23.0 Å². The van der Waals surface area contributed by atoms with Crippen LogP contribution in [-0.2, 0) is 70.1 Å². The Morgan fingerprint density at radius 1 is 0.344 bits per heavy atom. The summed E-state index contributed by atoms with van der Waals surface area (Å²) in [5.74, 6) is 2.58. The number of pyridine rings is 4. The maximum atomic E-state index is 14.4. The molecule has 11 rings (SSSR count). The molecular formula is C84H98N6O6. The van der Waals surface area contributed by atoms with Crippen LogP contribution in [0.1, 0.15) is 200 Å². The third-order valence-electron chi connectivity index (χ3n) is 19.0. The maximum absolute atomic E-state index is 14.4. The second-order valence-electron chi connectivity index (χ2n) is 30.4. The van der Waals surface area contributed by atoms with E-state index < -0.39 is 0 Å². The van der Waals surface area contributed by atoms with Crippen molar-refractivity contribution in [3.8, 4) is 23.0 Å². The molecule has 0 atom stereocenters. The number of aromatic nitrogens is 4. The zero-order valence-corrected chi connectivity index (χ0v) is 60.2. The number of nitrogens with zero attached hydrogens (tertiary/aromatic N) is 6. The van der Waals surface area contributed by atoms with Crippen LogP contribution < -0.4 is 18.9 Å². The molecule has 4 aromatic heterocycles. The van der Waals surface area contributed by atoms with E-state index in [0.717, 1.165) is 145 Å². The van der Waals surface area contributed by atoms with Crippen LogP contribution in [0.4, 0.5) is 0 Å². The maximum Gasteiger partial charge on any atom is 0.260 e. The van der Waals surface area contributed by atoms with Gasteiger partial charge < -0.3 is 28.7 Å². The van der Waals surface area contributed by atoms with E-state index in [0.29, 0.717) is 63.4 Å². The van der Waals surface area contributed by atoms with Gasteiger partial charge in [0.25, 0.3) is 11.8 Å². The molecule has 0 saturated heterocycles. The number of ether oxygens (including phenoxy) is 4. The van der Waals surface area contributed by atoms with E-state index in [1.807, 2.05) is 63.5 Å². The van der Waals surface area contributed by atoms with Gasteiger partial charge in [0, 0.05) is 84.8 Å². The molecule has 0 radical (unpaired) electrons. The highest BCUT2D eigenvalue weighted by Crippen LogP contribution is 2.45. The number of carbonyl (C=O) groups excluding carboxylic acids is 2. The molecule has 0 spiro atoms. The fourth-order valence-electron chi connectivity index (χ4n) is 13.2. The van der Waals surface area contributed by atoms with Gasteiger partial charge in [-0.15, -0.1) is 0 Å². The van der Waals surface area contributed by atoms with Gasteiger partial charge in [-0.1, -0.05) is 180 Å². The van der Waals surface area contributed by atoms with Gasteiger partial charge in [-0.2, -0.15) is 0 Å². The molecule has 0 unspecified atom stereocenters. The molecule has 96 heavy (non-hydrogen) atoms. The van der Waals surface area contributed by atoms with Crippen LogP contribution in [0.2, 0.25) is 0 Å². The smallest absolute Gasteiger partial charge is 0.260 e. The molecule has 6 aromatic carbocycles. The van der Waals surface area contributed by atoms with Crippen LogP contribution in [-0.4, -0.2) is 80.9 Å². The lowest BCUT2D eigenvalue weighted by Crippen LogP contribution is -2.34. The lowest BCUT2D eigenvalue weighted by molar-refractivity contribution is -0.133. The Balaban J connectivity index is 1.20. The van der Waals surface area contributed by atoms with Crippen molar-refractivity contribution in [3.05, 3.63) is 211 Å². The standard InChI is InChI=1S/C84H98N6O6/c1-19-89(20-2)71(91)49-95-79-61-35-57-39-65(81(7,8)9)41-59(77(57)93-47-69-33-31-55-29-27-53-25-23-51(5)85-73(53)75(55)87-69)37-63-45-68(84(16,17)18)46-64(80(63)96-50-72(92)90(21-3)22-4)38-60-42-66(82(10,11)12)40-58(36-62(79)44-67(43-61)83(13,14)15)78(60)94-48-70-34-32-56-30-28-54-26-24-52(6)86-74(54)76(56)88-70/h23-34,39-46H,19-22,35-38,47-50H2,1-18H3. The van der Waals surface area contributed by atoms with Crippen molar-refractivity contribution in [2.24, 2.45) is 0 Å². The van der Waals surface area contributed by atoms with Crippen LogP contribution in [0.15, 0.2) is 121 Å². The number of carbonyl (C=O) groups is 2. The summed E-state index contributed by atoms with van der Waals surface area (Å²) in [5.41, 5.74) is 17.5. The normalized spacial score (nSPS) is 12.9. The average molecular weight is 1290 g/mol. The van der Waals surface area contributed by atoms with E-state index in [2.05, 4.69) is 192 Å². The lowest BCUT2D eigenvalue weighted by atomic mass is 9.79. The van der Waals surface area contributed by atoms with Gasteiger partial charge >= 0.3 is 0 Å². The summed E-state index contributed by atoms with van der Waals surface area (Å²) in [7, 11) is 0. The highest BCUT2D eigenvalue weighted by molar-refractivity contribution is 6.03. The van der Waals surface area contributed by atoms with E-state index in [-0.39, 0.29) is 59.9 Å². The summed E-state index contributed by atoms with van der Waals surface area (Å²) in [5, 5.41) is 4.04. The molecule has 500 valence electrons. The summed E-state index contributed by atoms with van der Waals surface area (Å²) < 4.78 is 29.4. The first-order valence-corrected chi connectivity index (χ1v) is 34.5. The number of amides is 2. The first kappa shape index (κ1) is 68.5.